The second-order valence-electron chi connectivity index (χ2n) is 4.86. The van der Waals surface area contributed by atoms with Crippen molar-refractivity contribution in [2.24, 2.45) is 0 Å². The van der Waals surface area contributed by atoms with Crippen LogP contribution in [0.3, 0.4) is 0 Å². The molecule has 1 heterocycles. The molecule has 1 aromatic carbocycles. The highest BCUT2D eigenvalue weighted by Gasteiger charge is 2.22. The van der Waals surface area contributed by atoms with Crippen LogP contribution in [0.1, 0.15) is 31.4 Å². The first-order valence-corrected chi connectivity index (χ1v) is 6.83. The minimum absolute atomic E-state index is 0.274. The summed E-state index contributed by atoms with van der Waals surface area (Å²) in [6.45, 7) is 5.34. The van der Waals surface area contributed by atoms with Crippen molar-refractivity contribution in [2.45, 2.75) is 31.8 Å². The van der Waals surface area contributed by atoms with Gasteiger partial charge < -0.3 is 5.32 Å². The zero-order chi connectivity index (χ0) is 12.8. The molecule has 1 fully saturated rings. The van der Waals surface area contributed by atoms with Crippen molar-refractivity contribution in [2.75, 3.05) is 19.6 Å². The van der Waals surface area contributed by atoms with Crippen LogP contribution in [0.25, 0.3) is 0 Å². The van der Waals surface area contributed by atoms with E-state index in [1.54, 1.807) is 0 Å². The molecule has 18 heavy (non-hydrogen) atoms. The van der Waals surface area contributed by atoms with Crippen molar-refractivity contribution in [3.05, 3.63) is 35.9 Å². The molecule has 0 amide bonds. The van der Waals surface area contributed by atoms with Gasteiger partial charge in [-0.05, 0) is 24.9 Å². The minimum atomic E-state index is 0.274. The van der Waals surface area contributed by atoms with Gasteiger partial charge in [0, 0.05) is 19.1 Å². The standard InChI is InChI=1S/C16H22N2/c1-3-15(4-2)18-12-8-11-17-16(13-18)14-9-6-5-7-10-14/h1,5-7,9-10,15-17H,4,8,11-13H2,2H3. The number of rotatable bonds is 3. The molecule has 0 saturated carbocycles. The lowest BCUT2D eigenvalue weighted by Gasteiger charge is -2.28. The Balaban J connectivity index is 2.11. The third-order valence-electron chi connectivity index (χ3n) is 3.65. The van der Waals surface area contributed by atoms with E-state index >= 15 is 0 Å². The van der Waals surface area contributed by atoms with Gasteiger partial charge in [-0.25, -0.2) is 0 Å². The lowest BCUT2D eigenvalue weighted by atomic mass is 10.1. The Kier molecular flexibility index (Phi) is 4.81. The third-order valence-corrected chi connectivity index (χ3v) is 3.65. The molecule has 2 nitrogen and oxygen atoms in total. The first-order chi connectivity index (χ1) is 8.85. The number of benzene rings is 1. The summed E-state index contributed by atoms with van der Waals surface area (Å²) in [6, 6.07) is 11.3. The maximum atomic E-state index is 5.64. The molecule has 1 aromatic rings. The summed E-state index contributed by atoms with van der Waals surface area (Å²) in [6.07, 6.45) is 7.83. The van der Waals surface area contributed by atoms with Crippen molar-refractivity contribution in [1.29, 1.82) is 0 Å². The Morgan fingerprint density at radius 1 is 1.44 bits per heavy atom. The van der Waals surface area contributed by atoms with Gasteiger partial charge in [-0.2, -0.15) is 0 Å². The maximum absolute atomic E-state index is 5.64. The predicted octanol–water partition coefficient (Wildman–Crippen LogP) is 2.43. The number of hydrogen-bond acceptors (Lipinski definition) is 2. The number of nitrogens with one attached hydrogen (secondary N) is 1. The van der Waals surface area contributed by atoms with Gasteiger partial charge >= 0.3 is 0 Å². The van der Waals surface area contributed by atoms with E-state index in [1.165, 1.54) is 12.0 Å². The molecule has 2 atom stereocenters. The third kappa shape index (κ3) is 3.13. The van der Waals surface area contributed by atoms with Crippen LogP contribution in [0, 0.1) is 12.3 Å². The lowest BCUT2D eigenvalue weighted by molar-refractivity contribution is 0.227. The molecule has 96 valence electrons. The SMILES string of the molecule is C#CC(CC)N1CCCNC(c2ccccc2)C1. The number of nitrogens with zero attached hydrogens (tertiary/aromatic N) is 1. The van der Waals surface area contributed by atoms with Gasteiger partial charge in [0.1, 0.15) is 0 Å². The molecular formula is C16H22N2. The summed E-state index contributed by atoms with van der Waals surface area (Å²) in [5.74, 6) is 2.92. The summed E-state index contributed by atoms with van der Waals surface area (Å²) in [7, 11) is 0. The topological polar surface area (TPSA) is 15.3 Å². The van der Waals surface area contributed by atoms with Gasteiger partial charge in [0.25, 0.3) is 0 Å². The predicted molar refractivity (Wildman–Crippen MR) is 76.3 cm³/mol. The highest BCUT2D eigenvalue weighted by molar-refractivity contribution is 5.20. The summed E-state index contributed by atoms with van der Waals surface area (Å²) in [5, 5.41) is 3.62. The molecule has 0 spiro atoms. The molecule has 1 saturated heterocycles. The van der Waals surface area contributed by atoms with Gasteiger partial charge in [0.05, 0.1) is 6.04 Å². The monoisotopic (exact) mass is 242 g/mol. The van der Waals surface area contributed by atoms with E-state index in [4.69, 9.17) is 6.42 Å². The lowest BCUT2D eigenvalue weighted by Crippen LogP contribution is -2.38. The fourth-order valence-corrected chi connectivity index (χ4v) is 2.62. The zero-order valence-electron chi connectivity index (χ0n) is 11.1. The van der Waals surface area contributed by atoms with Gasteiger partial charge in [0.15, 0.2) is 0 Å². The van der Waals surface area contributed by atoms with Gasteiger partial charge in [-0.1, -0.05) is 43.2 Å². The highest BCUT2D eigenvalue weighted by atomic mass is 15.2. The van der Waals surface area contributed by atoms with E-state index in [2.05, 4.69) is 53.4 Å². The van der Waals surface area contributed by atoms with Crippen LogP contribution in [0.4, 0.5) is 0 Å². The normalized spacial score (nSPS) is 23.0. The average molecular weight is 242 g/mol. The molecule has 1 N–H and O–H groups in total. The van der Waals surface area contributed by atoms with Crippen molar-refractivity contribution in [3.8, 4) is 12.3 Å². The molecule has 2 unspecified atom stereocenters. The largest absolute Gasteiger partial charge is 0.309 e. The molecule has 0 aromatic heterocycles. The molecule has 0 radical (unpaired) electrons. The van der Waals surface area contributed by atoms with Crippen LogP contribution < -0.4 is 5.32 Å². The van der Waals surface area contributed by atoms with E-state index < -0.39 is 0 Å². The van der Waals surface area contributed by atoms with Crippen molar-refractivity contribution >= 4 is 0 Å². The Morgan fingerprint density at radius 3 is 2.89 bits per heavy atom. The summed E-state index contributed by atoms with van der Waals surface area (Å²) in [5.41, 5.74) is 1.36. The molecular weight excluding hydrogens is 220 g/mol. The molecule has 1 aliphatic rings. The Morgan fingerprint density at radius 2 is 2.22 bits per heavy atom. The molecule has 2 rings (SSSR count). The maximum Gasteiger partial charge on any atom is 0.0709 e. The second kappa shape index (κ2) is 6.58. The van der Waals surface area contributed by atoms with Crippen LogP contribution in [0.15, 0.2) is 30.3 Å². The smallest absolute Gasteiger partial charge is 0.0709 e. The van der Waals surface area contributed by atoms with Crippen LogP contribution in [-0.2, 0) is 0 Å². The first kappa shape index (κ1) is 13.1. The molecule has 0 bridgehead atoms. The van der Waals surface area contributed by atoms with E-state index in [1.807, 2.05) is 0 Å². The van der Waals surface area contributed by atoms with Gasteiger partial charge in [0.2, 0.25) is 0 Å². The van der Waals surface area contributed by atoms with Crippen LogP contribution in [0.2, 0.25) is 0 Å². The van der Waals surface area contributed by atoms with Crippen LogP contribution >= 0.6 is 0 Å². The first-order valence-electron chi connectivity index (χ1n) is 6.83. The summed E-state index contributed by atoms with van der Waals surface area (Å²) >= 11 is 0. The van der Waals surface area contributed by atoms with Crippen LogP contribution in [0.5, 0.6) is 0 Å². The summed E-state index contributed by atoms with van der Waals surface area (Å²) in [4.78, 5) is 2.44. The average Bonchev–Trinajstić information content (AvgIpc) is 2.67. The second-order valence-corrected chi connectivity index (χ2v) is 4.86. The Labute approximate surface area is 110 Å². The fourth-order valence-electron chi connectivity index (χ4n) is 2.62. The Bertz CT molecular complexity index is 393. The Hall–Kier alpha value is -1.30. The number of terminal acetylenes is 1. The van der Waals surface area contributed by atoms with E-state index in [0.717, 1.165) is 26.1 Å². The highest BCUT2D eigenvalue weighted by Crippen LogP contribution is 2.19. The minimum Gasteiger partial charge on any atom is -0.309 e. The van der Waals surface area contributed by atoms with Gasteiger partial charge in [-0.15, -0.1) is 6.42 Å². The van der Waals surface area contributed by atoms with Gasteiger partial charge in [-0.3, -0.25) is 4.90 Å². The van der Waals surface area contributed by atoms with Crippen LogP contribution in [-0.4, -0.2) is 30.6 Å². The summed E-state index contributed by atoms with van der Waals surface area (Å²) < 4.78 is 0. The van der Waals surface area contributed by atoms with Crippen molar-refractivity contribution < 1.29 is 0 Å². The van der Waals surface area contributed by atoms with Crippen molar-refractivity contribution in [1.82, 2.24) is 10.2 Å². The number of hydrogen-bond donors (Lipinski definition) is 1. The van der Waals surface area contributed by atoms with E-state index in [9.17, 15) is 0 Å². The van der Waals surface area contributed by atoms with E-state index in [0.29, 0.717) is 6.04 Å². The molecule has 2 heteroatoms. The van der Waals surface area contributed by atoms with Crippen molar-refractivity contribution in [3.63, 3.8) is 0 Å². The molecule has 0 aliphatic carbocycles. The quantitative estimate of drug-likeness (QED) is 0.819. The zero-order valence-corrected chi connectivity index (χ0v) is 11.1. The fraction of sp³-hybridized carbons (Fsp3) is 0.500. The molecule has 1 aliphatic heterocycles. The van der Waals surface area contributed by atoms with E-state index in [-0.39, 0.29) is 6.04 Å².